The summed E-state index contributed by atoms with van der Waals surface area (Å²) in [5, 5.41) is 11.3. The van der Waals surface area contributed by atoms with Gasteiger partial charge in [0.25, 0.3) is 0 Å². The Hall–Kier alpha value is -1.10. The zero-order valence-corrected chi connectivity index (χ0v) is 10.4. The van der Waals surface area contributed by atoms with Gasteiger partial charge >= 0.3 is 5.97 Å². The largest absolute Gasteiger partial charge is 0.480 e. The fourth-order valence-electron chi connectivity index (χ4n) is 2.27. The first kappa shape index (κ1) is 14.0. The molecule has 0 aliphatic heterocycles. The van der Waals surface area contributed by atoms with Crippen LogP contribution in [0.25, 0.3) is 0 Å². The molecule has 5 nitrogen and oxygen atoms in total. The van der Waals surface area contributed by atoms with Gasteiger partial charge in [0.05, 0.1) is 0 Å². The second-order valence-electron chi connectivity index (χ2n) is 4.83. The maximum Gasteiger partial charge on any atom is 0.329 e. The summed E-state index contributed by atoms with van der Waals surface area (Å²) in [6.07, 6.45) is 3.34. The van der Waals surface area contributed by atoms with Gasteiger partial charge < -0.3 is 15.2 Å². The molecule has 3 atom stereocenters. The average molecular weight is 243 g/mol. The van der Waals surface area contributed by atoms with E-state index in [-0.39, 0.29) is 18.6 Å². The molecule has 17 heavy (non-hydrogen) atoms. The van der Waals surface area contributed by atoms with Gasteiger partial charge in [-0.25, -0.2) is 4.79 Å². The number of carbonyl (C=O) groups excluding carboxylic acids is 1. The molecule has 0 unspecified atom stereocenters. The highest BCUT2D eigenvalue weighted by atomic mass is 16.5. The van der Waals surface area contributed by atoms with Crippen molar-refractivity contribution in [3.8, 4) is 0 Å². The van der Waals surface area contributed by atoms with Crippen LogP contribution < -0.4 is 5.32 Å². The average Bonchev–Trinajstić information content (AvgIpc) is 2.24. The topological polar surface area (TPSA) is 75.6 Å². The Morgan fingerprint density at radius 1 is 1.29 bits per heavy atom. The predicted molar refractivity (Wildman–Crippen MR) is 62.6 cm³/mol. The van der Waals surface area contributed by atoms with Crippen molar-refractivity contribution in [2.24, 2.45) is 11.8 Å². The molecule has 0 heterocycles. The van der Waals surface area contributed by atoms with Crippen molar-refractivity contribution in [2.75, 3.05) is 13.2 Å². The predicted octanol–water partition coefficient (Wildman–Crippen LogP) is 1.03. The van der Waals surface area contributed by atoms with Gasteiger partial charge in [-0.1, -0.05) is 26.7 Å². The number of amides is 1. The van der Waals surface area contributed by atoms with Crippen molar-refractivity contribution in [1.82, 2.24) is 5.32 Å². The summed E-state index contributed by atoms with van der Waals surface area (Å²) in [4.78, 5) is 21.7. The number of nitrogens with one attached hydrogen (secondary N) is 1. The molecule has 0 aromatic rings. The first-order chi connectivity index (χ1) is 8.00. The molecule has 1 saturated carbocycles. The van der Waals surface area contributed by atoms with Gasteiger partial charge in [-0.2, -0.15) is 0 Å². The minimum absolute atomic E-state index is 0.177. The van der Waals surface area contributed by atoms with Crippen LogP contribution in [0.5, 0.6) is 0 Å². The van der Waals surface area contributed by atoms with E-state index < -0.39 is 12.6 Å². The minimum atomic E-state index is -1.06. The van der Waals surface area contributed by atoms with Gasteiger partial charge in [-0.3, -0.25) is 4.79 Å². The van der Waals surface area contributed by atoms with E-state index in [4.69, 9.17) is 9.84 Å². The molecular weight excluding hydrogens is 222 g/mol. The van der Waals surface area contributed by atoms with Gasteiger partial charge in [0.2, 0.25) is 5.91 Å². The Balaban J connectivity index is 2.27. The molecule has 2 N–H and O–H groups in total. The first-order valence-corrected chi connectivity index (χ1v) is 6.09. The van der Waals surface area contributed by atoms with Crippen molar-refractivity contribution in [1.29, 1.82) is 0 Å². The third kappa shape index (κ3) is 4.73. The second-order valence-corrected chi connectivity index (χ2v) is 4.83. The van der Waals surface area contributed by atoms with Crippen LogP contribution in [0.15, 0.2) is 0 Å². The zero-order chi connectivity index (χ0) is 12.8. The lowest BCUT2D eigenvalue weighted by Crippen LogP contribution is -2.45. The summed E-state index contributed by atoms with van der Waals surface area (Å²) >= 11 is 0. The number of aliphatic carboxylic acids is 1. The molecule has 1 aliphatic carbocycles. The fraction of sp³-hybridized carbons (Fsp3) is 0.833. The van der Waals surface area contributed by atoms with Crippen LogP contribution in [0.3, 0.4) is 0 Å². The Kier molecular flexibility index (Phi) is 5.41. The summed E-state index contributed by atoms with van der Waals surface area (Å²) in [5.74, 6) is -0.198. The summed E-state index contributed by atoms with van der Waals surface area (Å²) in [6, 6.07) is 0.194. The highest BCUT2D eigenvalue weighted by Gasteiger charge is 2.27. The van der Waals surface area contributed by atoms with E-state index in [1.54, 1.807) is 0 Å². The van der Waals surface area contributed by atoms with Crippen LogP contribution >= 0.6 is 0 Å². The summed E-state index contributed by atoms with van der Waals surface area (Å²) in [5.41, 5.74) is 0. The zero-order valence-electron chi connectivity index (χ0n) is 10.4. The number of ether oxygens (including phenoxy) is 1. The highest BCUT2D eigenvalue weighted by molar-refractivity contribution is 5.78. The number of carboxylic acid groups (broad SMARTS) is 1. The van der Waals surface area contributed by atoms with Crippen LogP contribution in [0.4, 0.5) is 0 Å². The number of carboxylic acids is 1. The van der Waals surface area contributed by atoms with Gasteiger partial charge in [-0.15, -0.1) is 0 Å². The molecule has 0 aromatic carbocycles. The molecule has 0 spiro atoms. The molecule has 98 valence electrons. The number of hydrogen-bond donors (Lipinski definition) is 2. The monoisotopic (exact) mass is 243 g/mol. The maximum atomic E-state index is 11.5. The lowest BCUT2D eigenvalue weighted by atomic mass is 9.78. The van der Waals surface area contributed by atoms with E-state index >= 15 is 0 Å². The van der Waals surface area contributed by atoms with Crippen LogP contribution in [-0.2, 0) is 14.3 Å². The van der Waals surface area contributed by atoms with Crippen molar-refractivity contribution in [3.05, 3.63) is 0 Å². The molecule has 0 saturated heterocycles. The number of hydrogen-bond acceptors (Lipinski definition) is 3. The lowest BCUT2D eigenvalue weighted by molar-refractivity contribution is -0.143. The van der Waals surface area contributed by atoms with E-state index in [1.807, 2.05) is 0 Å². The molecule has 0 bridgehead atoms. The summed E-state index contributed by atoms with van der Waals surface area (Å²) < 4.78 is 4.75. The molecule has 5 heteroatoms. The standard InChI is InChI=1S/C12H21NO4/c1-8-4-3-5-10(9(8)2)13-11(14)6-17-7-12(15)16/h8-10H,3-7H2,1-2H3,(H,13,14)(H,15,16)/t8-,9+,10-/m1/s1. The van der Waals surface area contributed by atoms with E-state index in [2.05, 4.69) is 19.2 Å². The van der Waals surface area contributed by atoms with Crippen molar-refractivity contribution >= 4 is 11.9 Å². The molecule has 1 amide bonds. The third-order valence-corrected chi connectivity index (χ3v) is 3.51. The van der Waals surface area contributed by atoms with Gasteiger partial charge in [0.15, 0.2) is 0 Å². The highest BCUT2D eigenvalue weighted by Crippen LogP contribution is 2.29. The fourth-order valence-corrected chi connectivity index (χ4v) is 2.27. The van der Waals surface area contributed by atoms with E-state index in [1.165, 1.54) is 6.42 Å². The Bertz CT molecular complexity index is 280. The van der Waals surface area contributed by atoms with Crippen LogP contribution in [0, 0.1) is 11.8 Å². The molecule has 0 radical (unpaired) electrons. The Labute approximate surface area is 102 Å². The van der Waals surface area contributed by atoms with Gasteiger partial charge in [0, 0.05) is 6.04 Å². The van der Waals surface area contributed by atoms with Crippen LogP contribution in [0.1, 0.15) is 33.1 Å². The normalized spacial score (nSPS) is 28.7. The molecule has 1 fully saturated rings. The summed E-state index contributed by atoms with van der Waals surface area (Å²) in [6.45, 7) is 3.74. The van der Waals surface area contributed by atoms with Gasteiger partial charge in [0.1, 0.15) is 13.2 Å². The van der Waals surface area contributed by atoms with Crippen LogP contribution in [0.2, 0.25) is 0 Å². The number of rotatable bonds is 5. The second kappa shape index (κ2) is 6.59. The SMILES string of the molecule is C[C@H]1[C@H](C)CCC[C@H]1NC(=O)COCC(=O)O. The van der Waals surface area contributed by atoms with Crippen molar-refractivity contribution in [3.63, 3.8) is 0 Å². The quantitative estimate of drug-likeness (QED) is 0.756. The van der Waals surface area contributed by atoms with Gasteiger partial charge in [-0.05, 0) is 18.3 Å². The number of carbonyl (C=O) groups is 2. The molecular formula is C12H21NO4. The van der Waals surface area contributed by atoms with Crippen molar-refractivity contribution in [2.45, 2.75) is 39.2 Å². The van der Waals surface area contributed by atoms with Crippen molar-refractivity contribution < 1.29 is 19.4 Å². The van der Waals surface area contributed by atoms with E-state index in [9.17, 15) is 9.59 Å². The molecule has 1 rings (SSSR count). The van der Waals surface area contributed by atoms with E-state index in [0.29, 0.717) is 11.8 Å². The van der Waals surface area contributed by atoms with E-state index in [0.717, 1.165) is 12.8 Å². The molecule has 1 aliphatic rings. The maximum absolute atomic E-state index is 11.5. The smallest absolute Gasteiger partial charge is 0.329 e. The lowest BCUT2D eigenvalue weighted by Gasteiger charge is -2.34. The Morgan fingerprint density at radius 2 is 2.00 bits per heavy atom. The third-order valence-electron chi connectivity index (χ3n) is 3.51. The Morgan fingerprint density at radius 3 is 2.65 bits per heavy atom. The molecule has 0 aromatic heterocycles. The van der Waals surface area contributed by atoms with Crippen LogP contribution in [-0.4, -0.2) is 36.2 Å². The first-order valence-electron chi connectivity index (χ1n) is 6.09. The summed E-state index contributed by atoms with van der Waals surface area (Å²) in [7, 11) is 0. The minimum Gasteiger partial charge on any atom is -0.480 e.